The van der Waals surface area contributed by atoms with Crippen LogP contribution in [-0.4, -0.2) is 14.5 Å². The van der Waals surface area contributed by atoms with Gasteiger partial charge in [0.05, 0.1) is 5.69 Å². The van der Waals surface area contributed by atoms with Crippen molar-refractivity contribution in [3.8, 4) is 0 Å². The molecule has 2 aromatic rings. The van der Waals surface area contributed by atoms with E-state index in [0.717, 1.165) is 11.5 Å². The second-order valence-corrected chi connectivity index (χ2v) is 3.25. The Bertz CT molecular complexity index is 422. The molecule has 2 rings (SSSR count). The monoisotopic (exact) mass is 203 g/mol. The highest BCUT2D eigenvalue weighted by Gasteiger charge is 2.17. The van der Waals surface area contributed by atoms with Crippen molar-refractivity contribution in [2.75, 3.05) is 0 Å². The lowest BCUT2D eigenvalue weighted by molar-refractivity contribution is 0.567. The van der Waals surface area contributed by atoms with Crippen LogP contribution in [0.5, 0.6) is 0 Å². The summed E-state index contributed by atoms with van der Waals surface area (Å²) in [5, 5.41) is 0. The van der Waals surface area contributed by atoms with E-state index >= 15 is 0 Å². The van der Waals surface area contributed by atoms with E-state index in [1.165, 1.54) is 0 Å². The van der Waals surface area contributed by atoms with Crippen LogP contribution in [0.25, 0.3) is 0 Å². The average Bonchev–Trinajstić information content (AvgIpc) is 2.68. The zero-order chi connectivity index (χ0) is 10.7. The van der Waals surface area contributed by atoms with Gasteiger partial charge in [0, 0.05) is 25.6 Å². The van der Waals surface area contributed by atoms with Gasteiger partial charge in [0.2, 0.25) is 0 Å². The van der Waals surface area contributed by atoms with Gasteiger partial charge in [-0.1, -0.05) is 6.07 Å². The van der Waals surface area contributed by atoms with Crippen molar-refractivity contribution >= 4 is 0 Å². The third-order valence-electron chi connectivity index (χ3n) is 2.27. The highest BCUT2D eigenvalue weighted by atomic mass is 15.3. The van der Waals surface area contributed by atoms with Gasteiger partial charge in [0.15, 0.2) is 0 Å². The predicted octanol–water partition coefficient (Wildman–Crippen LogP) is 0.368. The largest absolute Gasteiger partial charge is 0.336 e. The number of nitrogens with zero attached hydrogens (tertiary/aromatic N) is 3. The molecule has 0 bridgehead atoms. The number of hydrogen-bond acceptors (Lipinski definition) is 4. The summed E-state index contributed by atoms with van der Waals surface area (Å²) in [5.41, 5.74) is 3.57. The average molecular weight is 203 g/mol. The molecule has 5 nitrogen and oxygen atoms in total. The summed E-state index contributed by atoms with van der Waals surface area (Å²) in [6.45, 7) is 0. The van der Waals surface area contributed by atoms with Crippen molar-refractivity contribution in [3.63, 3.8) is 0 Å². The van der Waals surface area contributed by atoms with Crippen LogP contribution in [0.4, 0.5) is 0 Å². The van der Waals surface area contributed by atoms with E-state index < -0.39 is 0 Å². The third-order valence-corrected chi connectivity index (χ3v) is 2.27. The molecule has 0 saturated heterocycles. The highest BCUT2D eigenvalue weighted by Crippen LogP contribution is 2.16. The van der Waals surface area contributed by atoms with Crippen LogP contribution < -0.4 is 11.3 Å². The first kappa shape index (κ1) is 9.82. The minimum absolute atomic E-state index is 0.175. The molecule has 5 heteroatoms. The minimum Gasteiger partial charge on any atom is -0.336 e. The topological polar surface area (TPSA) is 68.8 Å². The fourth-order valence-electron chi connectivity index (χ4n) is 1.49. The lowest BCUT2D eigenvalue weighted by Crippen LogP contribution is -2.31. The van der Waals surface area contributed by atoms with E-state index in [-0.39, 0.29) is 6.04 Å². The van der Waals surface area contributed by atoms with Gasteiger partial charge < -0.3 is 4.57 Å². The molecule has 0 radical (unpaired) electrons. The quantitative estimate of drug-likeness (QED) is 0.558. The van der Waals surface area contributed by atoms with Gasteiger partial charge in [-0.3, -0.25) is 10.8 Å². The van der Waals surface area contributed by atoms with Crippen molar-refractivity contribution in [3.05, 3.63) is 48.3 Å². The molecule has 78 valence electrons. The first-order valence-electron chi connectivity index (χ1n) is 4.67. The zero-order valence-electron chi connectivity index (χ0n) is 8.46. The maximum absolute atomic E-state index is 5.52. The molecule has 3 N–H and O–H groups in total. The Morgan fingerprint density at radius 2 is 2.20 bits per heavy atom. The molecule has 0 spiro atoms. The summed E-state index contributed by atoms with van der Waals surface area (Å²) in [6.07, 6.45) is 5.36. The summed E-state index contributed by atoms with van der Waals surface area (Å²) >= 11 is 0. The summed E-state index contributed by atoms with van der Waals surface area (Å²) in [7, 11) is 1.93. The fourth-order valence-corrected chi connectivity index (χ4v) is 1.49. The van der Waals surface area contributed by atoms with Crippen molar-refractivity contribution in [1.29, 1.82) is 0 Å². The van der Waals surface area contributed by atoms with Gasteiger partial charge in [0.25, 0.3) is 0 Å². The molecular weight excluding hydrogens is 190 g/mol. The number of pyridine rings is 1. The van der Waals surface area contributed by atoms with Gasteiger partial charge >= 0.3 is 0 Å². The van der Waals surface area contributed by atoms with E-state index in [2.05, 4.69) is 15.4 Å². The molecule has 0 saturated carbocycles. The molecule has 2 aromatic heterocycles. The Morgan fingerprint density at radius 1 is 1.33 bits per heavy atom. The Kier molecular flexibility index (Phi) is 2.75. The normalized spacial score (nSPS) is 12.7. The number of hydrazine groups is 1. The predicted molar refractivity (Wildman–Crippen MR) is 56.6 cm³/mol. The van der Waals surface area contributed by atoms with Crippen LogP contribution in [0.3, 0.4) is 0 Å². The number of rotatable bonds is 3. The molecule has 1 unspecified atom stereocenters. The number of hydrogen-bond donors (Lipinski definition) is 2. The fraction of sp³-hybridized carbons (Fsp3) is 0.200. The Labute approximate surface area is 87.9 Å². The van der Waals surface area contributed by atoms with Crippen LogP contribution in [0.15, 0.2) is 36.8 Å². The zero-order valence-corrected chi connectivity index (χ0v) is 8.46. The summed E-state index contributed by atoms with van der Waals surface area (Å²) in [4.78, 5) is 8.49. The van der Waals surface area contributed by atoms with E-state index in [1.54, 1.807) is 12.4 Å². The second-order valence-electron chi connectivity index (χ2n) is 3.25. The van der Waals surface area contributed by atoms with Crippen LogP contribution in [-0.2, 0) is 7.05 Å². The molecule has 0 aliphatic rings. The molecule has 0 aliphatic carbocycles. The molecule has 0 aromatic carbocycles. The van der Waals surface area contributed by atoms with Crippen LogP contribution in [0, 0.1) is 0 Å². The van der Waals surface area contributed by atoms with Gasteiger partial charge in [0.1, 0.15) is 11.9 Å². The maximum atomic E-state index is 5.52. The molecule has 1 atom stereocenters. The molecule has 2 heterocycles. The number of imidazole rings is 1. The standard InChI is InChI=1S/C10H13N5/c1-15-7-6-13-10(15)9(14-11)8-4-2-3-5-12-8/h2-7,9,14H,11H2,1H3. The SMILES string of the molecule is Cn1ccnc1C(NN)c1ccccn1. The smallest absolute Gasteiger partial charge is 0.133 e. The van der Waals surface area contributed by atoms with Gasteiger partial charge in [-0.15, -0.1) is 0 Å². The Hall–Kier alpha value is -1.72. The van der Waals surface area contributed by atoms with E-state index in [0.29, 0.717) is 0 Å². The summed E-state index contributed by atoms with van der Waals surface area (Å²) < 4.78 is 1.92. The van der Waals surface area contributed by atoms with Crippen molar-refractivity contribution in [2.24, 2.45) is 12.9 Å². The van der Waals surface area contributed by atoms with E-state index in [4.69, 9.17) is 5.84 Å². The maximum Gasteiger partial charge on any atom is 0.133 e. The van der Waals surface area contributed by atoms with Crippen molar-refractivity contribution in [1.82, 2.24) is 20.0 Å². The lowest BCUT2D eigenvalue weighted by Gasteiger charge is -2.14. The van der Waals surface area contributed by atoms with Gasteiger partial charge in [-0.05, 0) is 12.1 Å². The lowest BCUT2D eigenvalue weighted by atomic mass is 10.2. The van der Waals surface area contributed by atoms with Crippen molar-refractivity contribution in [2.45, 2.75) is 6.04 Å². The molecule has 0 aliphatic heterocycles. The van der Waals surface area contributed by atoms with Gasteiger partial charge in [-0.25, -0.2) is 10.4 Å². The molecule has 0 amide bonds. The Balaban J connectivity index is 2.37. The summed E-state index contributed by atoms with van der Waals surface area (Å²) in [6, 6.07) is 5.54. The molecular formula is C10H13N5. The molecule has 0 fully saturated rings. The number of nitrogens with one attached hydrogen (secondary N) is 1. The minimum atomic E-state index is -0.175. The van der Waals surface area contributed by atoms with Crippen molar-refractivity contribution < 1.29 is 0 Å². The summed E-state index contributed by atoms with van der Waals surface area (Å²) in [5.74, 6) is 6.37. The van der Waals surface area contributed by atoms with Crippen LogP contribution >= 0.6 is 0 Å². The van der Waals surface area contributed by atoms with Crippen LogP contribution in [0.2, 0.25) is 0 Å². The second kappa shape index (κ2) is 4.20. The van der Waals surface area contributed by atoms with Crippen LogP contribution in [0.1, 0.15) is 17.6 Å². The third kappa shape index (κ3) is 1.88. The van der Waals surface area contributed by atoms with E-state index in [1.807, 2.05) is 36.0 Å². The Morgan fingerprint density at radius 3 is 2.73 bits per heavy atom. The first-order valence-corrected chi connectivity index (χ1v) is 4.67. The number of aromatic nitrogens is 3. The van der Waals surface area contributed by atoms with E-state index in [9.17, 15) is 0 Å². The number of nitrogens with two attached hydrogens (primary N) is 1. The first-order chi connectivity index (χ1) is 7.33. The molecule has 15 heavy (non-hydrogen) atoms. The highest BCUT2D eigenvalue weighted by molar-refractivity contribution is 5.17. The number of aryl methyl sites for hydroxylation is 1. The van der Waals surface area contributed by atoms with Gasteiger partial charge in [-0.2, -0.15) is 0 Å².